The quantitative estimate of drug-likeness (QED) is 0.620. The Morgan fingerprint density at radius 2 is 2.00 bits per heavy atom. The number of ether oxygens (including phenoxy) is 2. The Morgan fingerprint density at radius 1 is 1.32 bits per heavy atom. The third-order valence-electron chi connectivity index (χ3n) is 2.51. The maximum atomic E-state index is 12.3. The lowest BCUT2D eigenvalue weighted by atomic mass is 10.2. The number of para-hydroxylation sites is 2. The van der Waals surface area contributed by atoms with Crippen molar-refractivity contribution in [3.8, 4) is 5.75 Å². The Bertz CT molecular complexity index is 546. The molecule has 1 N–H and O–H groups in total. The summed E-state index contributed by atoms with van der Waals surface area (Å²) in [5, 5.41) is 2.38. The number of carbonyl (C=O) groups excluding carboxylic acids is 2. The molecule has 5 nitrogen and oxygen atoms in total. The van der Waals surface area contributed by atoms with Gasteiger partial charge in [0.2, 0.25) is 0 Å². The Kier molecular flexibility index (Phi) is 7.01. The number of alkyl halides is 2. The predicted octanol–water partition coefficient (Wildman–Crippen LogP) is 3.12. The van der Waals surface area contributed by atoms with Crippen LogP contribution < -0.4 is 10.1 Å². The number of hydrogen-bond donors (Lipinski definition) is 1. The lowest BCUT2D eigenvalue weighted by Gasteiger charge is -2.15. The highest BCUT2D eigenvalue weighted by atomic mass is 19.3. The monoisotopic (exact) mass is 313 g/mol. The molecule has 0 bridgehead atoms. The van der Waals surface area contributed by atoms with Crippen LogP contribution in [0.25, 0.3) is 0 Å². The molecule has 0 spiro atoms. The molecule has 0 saturated carbocycles. The molecule has 0 heterocycles. The molecule has 0 saturated heterocycles. The lowest BCUT2D eigenvalue weighted by Crippen LogP contribution is -2.29. The molecule has 1 aromatic rings. The van der Waals surface area contributed by atoms with Crippen molar-refractivity contribution >= 4 is 17.6 Å². The number of carbonyl (C=O) groups is 2. The molecule has 1 amide bonds. The largest absolute Gasteiger partial charge is 0.449 e. The summed E-state index contributed by atoms with van der Waals surface area (Å²) in [6.45, 7) is 0.219. The van der Waals surface area contributed by atoms with Crippen molar-refractivity contribution in [3.05, 3.63) is 36.4 Å². The van der Waals surface area contributed by atoms with Gasteiger partial charge in [-0.1, -0.05) is 25.1 Å². The summed E-state index contributed by atoms with van der Waals surface area (Å²) in [5.41, 5.74) is 0.0693. The third kappa shape index (κ3) is 5.90. The summed E-state index contributed by atoms with van der Waals surface area (Å²) in [6.07, 6.45) is 2.40. The van der Waals surface area contributed by atoms with Crippen molar-refractivity contribution in [2.24, 2.45) is 0 Å². The predicted molar refractivity (Wildman–Crippen MR) is 76.7 cm³/mol. The normalized spacial score (nSPS) is 12.2. The first kappa shape index (κ1) is 17.6. The molecular formula is C15H17F2NO4. The van der Waals surface area contributed by atoms with Crippen LogP contribution in [0.3, 0.4) is 0 Å². The SMILES string of the molecule is CC/C=C/C(=O)O[C@H](C)C(=O)Nc1ccccc1OC(F)F. The van der Waals surface area contributed by atoms with Crippen molar-refractivity contribution in [2.75, 3.05) is 5.32 Å². The second-order valence-electron chi connectivity index (χ2n) is 4.25. The minimum atomic E-state index is -3.01. The van der Waals surface area contributed by atoms with E-state index < -0.39 is 24.6 Å². The van der Waals surface area contributed by atoms with Crippen molar-refractivity contribution in [2.45, 2.75) is 33.0 Å². The number of esters is 1. The third-order valence-corrected chi connectivity index (χ3v) is 2.51. The van der Waals surface area contributed by atoms with Crippen molar-refractivity contribution in [3.63, 3.8) is 0 Å². The van der Waals surface area contributed by atoms with Crippen LogP contribution in [0.5, 0.6) is 5.75 Å². The number of benzene rings is 1. The van der Waals surface area contributed by atoms with Gasteiger partial charge in [0.05, 0.1) is 5.69 Å². The molecular weight excluding hydrogens is 296 g/mol. The molecule has 0 unspecified atom stereocenters. The van der Waals surface area contributed by atoms with Gasteiger partial charge in [-0.2, -0.15) is 8.78 Å². The van der Waals surface area contributed by atoms with Crippen LogP contribution in [0.4, 0.5) is 14.5 Å². The molecule has 0 aliphatic heterocycles. The summed E-state index contributed by atoms with van der Waals surface area (Å²) >= 11 is 0. The molecule has 0 fully saturated rings. The van der Waals surface area contributed by atoms with Gasteiger partial charge >= 0.3 is 12.6 Å². The molecule has 0 aliphatic carbocycles. The Hall–Kier alpha value is -2.44. The second kappa shape index (κ2) is 8.76. The van der Waals surface area contributed by atoms with E-state index in [4.69, 9.17) is 4.74 Å². The lowest BCUT2D eigenvalue weighted by molar-refractivity contribution is -0.148. The molecule has 7 heteroatoms. The number of halogens is 2. The number of nitrogens with one attached hydrogen (secondary N) is 1. The van der Waals surface area contributed by atoms with Crippen molar-refractivity contribution < 1.29 is 27.8 Å². The van der Waals surface area contributed by atoms with E-state index in [1.807, 2.05) is 6.92 Å². The van der Waals surface area contributed by atoms with E-state index in [0.29, 0.717) is 6.42 Å². The first-order valence-electron chi connectivity index (χ1n) is 6.66. The van der Waals surface area contributed by atoms with Crippen LogP contribution in [0, 0.1) is 0 Å². The second-order valence-corrected chi connectivity index (χ2v) is 4.25. The molecule has 1 rings (SSSR count). The van der Waals surface area contributed by atoms with Gasteiger partial charge < -0.3 is 14.8 Å². The van der Waals surface area contributed by atoms with Crippen LogP contribution in [0.2, 0.25) is 0 Å². The fourth-order valence-electron chi connectivity index (χ4n) is 1.48. The highest BCUT2D eigenvalue weighted by molar-refractivity contribution is 5.97. The van der Waals surface area contributed by atoms with E-state index in [9.17, 15) is 18.4 Å². The van der Waals surface area contributed by atoms with E-state index in [1.165, 1.54) is 31.2 Å². The number of allylic oxidation sites excluding steroid dienone is 1. The summed E-state index contributed by atoms with van der Waals surface area (Å²) in [5.74, 6) is -1.47. The Labute approximate surface area is 126 Å². The van der Waals surface area contributed by atoms with E-state index in [2.05, 4.69) is 10.1 Å². The van der Waals surface area contributed by atoms with E-state index >= 15 is 0 Å². The van der Waals surface area contributed by atoms with Gasteiger partial charge in [-0.25, -0.2) is 4.79 Å². The molecule has 0 radical (unpaired) electrons. The molecule has 1 aromatic carbocycles. The zero-order valence-electron chi connectivity index (χ0n) is 12.2. The van der Waals surface area contributed by atoms with Gasteiger partial charge in [-0.15, -0.1) is 0 Å². The van der Waals surface area contributed by atoms with Crippen LogP contribution in [-0.2, 0) is 14.3 Å². The van der Waals surface area contributed by atoms with Gasteiger partial charge in [-0.05, 0) is 25.5 Å². The average molecular weight is 313 g/mol. The van der Waals surface area contributed by atoms with Crippen molar-refractivity contribution in [1.82, 2.24) is 0 Å². The van der Waals surface area contributed by atoms with Crippen molar-refractivity contribution in [1.29, 1.82) is 0 Å². The maximum absolute atomic E-state index is 12.3. The van der Waals surface area contributed by atoms with Crippen LogP contribution >= 0.6 is 0 Å². The maximum Gasteiger partial charge on any atom is 0.387 e. The van der Waals surface area contributed by atoms with Gasteiger partial charge in [0.25, 0.3) is 5.91 Å². The first-order valence-corrected chi connectivity index (χ1v) is 6.66. The fourth-order valence-corrected chi connectivity index (χ4v) is 1.48. The fraction of sp³-hybridized carbons (Fsp3) is 0.333. The molecule has 1 atom stereocenters. The summed E-state index contributed by atoms with van der Waals surface area (Å²) < 4.78 is 33.7. The molecule has 0 aliphatic rings. The van der Waals surface area contributed by atoms with Gasteiger partial charge in [-0.3, -0.25) is 4.79 Å². The molecule has 0 aromatic heterocycles. The van der Waals surface area contributed by atoms with Crippen LogP contribution in [-0.4, -0.2) is 24.6 Å². The minimum Gasteiger partial charge on any atom is -0.449 e. The number of hydrogen-bond acceptors (Lipinski definition) is 4. The Balaban J connectivity index is 2.68. The standard InChI is InChI=1S/C15H17F2NO4/c1-3-4-9-13(19)21-10(2)14(20)18-11-7-5-6-8-12(11)22-15(16)17/h4-10,15H,3H2,1-2H3,(H,18,20)/b9-4+/t10-/m1/s1. The van der Waals surface area contributed by atoms with E-state index in [1.54, 1.807) is 12.1 Å². The topological polar surface area (TPSA) is 64.6 Å². The zero-order chi connectivity index (χ0) is 16.5. The van der Waals surface area contributed by atoms with Crippen LogP contribution in [0.15, 0.2) is 36.4 Å². The average Bonchev–Trinajstić information content (AvgIpc) is 2.46. The number of anilines is 1. The van der Waals surface area contributed by atoms with E-state index in [0.717, 1.165) is 0 Å². The first-order chi connectivity index (χ1) is 10.4. The molecule has 120 valence electrons. The number of amides is 1. The van der Waals surface area contributed by atoms with Gasteiger partial charge in [0, 0.05) is 6.08 Å². The zero-order valence-corrected chi connectivity index (χ0v) is 12.2. The molecule has 22 heavy (non-hydrogen) atoms. The summed E-state index contributed by atoms with van der Waals surface area (Å²) in [4.78, 5) is 23.3. The Morgan fingerprint density at radius 3 is 2.64 bits per heavy atom. The highest BCUT2D eigenvalue weighted by Gasteiger charge is 2.18. The van der Waals surface area contributed by atoms with Gasteiger partial charge in [0.1, 0.15) is 5.75 Å². The summed E-state index contributed by atoms with van der Waals surface area (Å²) in [7, 11) is 0. The smallest absolute Gasteiger partial charge is 0.387 e. The highest BCUT2D eigenvalue weighted by Crippen LogP contribution is 2.25. The van der Waals surface area contributed by atoms with E-state index in [-0.39, 0.29) is 11.4 Å². The van der Waals surface area contributed by atoms with Gasteiger partial charge in [0.15, 0.2) is 6.10 Å². The summed E-state index contributed by atoms with van der Waals surface area (Å²) in [6, 6.07) is 5.74. The minimum absolute atomic E-state index is 0.0693. The number of rotatable bonds is 7. The van der Waals surface area contributed by atoms with Crippen LogP contribution in [0.1, 0.15) is 20.3 Å².